The van der Waals surface area contributed by atoms with Crippen molar-refractivity contribution in [1.82, 2.24) is 9.88 Å². The van der Waals surface area contributed by atoms with E-state index >= 15 is 0 Å². The lowest BCUT2D eigenvalue weighted by atomic mass is 9.73. The van der Waals surface area contributed by atoms with Crippen LogP contribution in [0.4, 0.5) is 0 Å². The number of thiazole rings is 1. The van der Waals surface area contributed by atoms with Crippen molar-refractivity contribution in [1.29, 1.82) is 0 Å². The van der Waals surface area contributed by atoms with Crippen LogP contribution < -0.4 is 0 Å². The summed E-state index contributed by atoms with van der Waals surface area (Å²) < 4.78 is 0.680. The molecule has 1 fully saturated rings. The summed E-state index contributed by atoms with van der Waals surface area (Å²) in [5.41, 5.74) is 0.118. The molecule has 0 saturated carbocycles. The SMILES string of the molecule is CC(C)(C)[C@@H]1C[C@H](C(=O)O)CN(Cc2ncc(Cl)s2)C1. The highest BCUT2D eigenvalue weighted by Crippen LogP contribution is 2.36. The van der Waals surface area contributed by atoms with Gasteiger partial charge in [0.25, 0.3) is 0 Å². The number of aromatic nitrogens is 1. The van der Waals surface area contributed by atoms with Gasteiger partial charge < -0.3 is 5.11 Å². The van der Waals surface area contributed by atoms with E-state index in [1.807, 2.05) is 0 Å². The lowest BCUT2D eigenvalue weighted by Crippen LogP contribution is -2.46. The molecule has 1 aromatic rings. The number of piperidine rings is 1. The van der Waals surface area contributed by atoms with Crippen molar-refractivity contribution in [3.8, 4) is 0 Å². The number of carboxylic acid groups (broad SMARTS) is 1. The summed E-state index contributed by atoms with van der Waals surface area (Å²) in [6.45, 7) is 8.75. The standard InChI is InChI=1S/C14H21ClN2O2S/c1-14(2,3)10-4-9(13(18)19)6-17(7-10)8-12-16-5-11(15)20-12/h5,9-10H,4,6-8H2,1-3H3,(H,18,19)/t9-,10+/m0/s1. The average molecular weight is 317 g/mol. The van der Waals surface area contributed by atoms with Gasteiger partial charge in [0.15, 0.2) is 0 Å². The maximum Gasteiger partial charge on any atom is 0.307 e. The van der Waals surface area contributed by atoms with Gasteiger partial charge in [0, 0.05) is 13.1 Å². The number of hydrogen-bond donors (Lipinski definition) is 1. The molecular formula is C14H21ClN2O2S. The van der Waals surface area contributed by atoms with Gasteiger partial charge in [-0.3, -0.25) is 9.69 Å². The summed E-state index contributed by atoms with van der Waals surface area (Å²) in [5, 5.41) is 10.3. The Balaban J connectivity index is 2.09. The summed E-state index contributed by atoms with van der Waals surface area (Å²) in [6.07, 6.45) is 2.41. The van der Waals surface area contributed by atoms with Gasteiger partial charge in [-0.25, -0.2) is 4.98 Å². The van der Waals surface area contributed by atoms with Crippen LogP contribution in [-0.2, 0) is 11.3 Å². The van der Waals surface area contributed by atoms with E-state index in [9.17, 15) is 9.90 Å². The summed E-state index contributed by atoms with van der Waals surface area (Å²) in [6, 6.07) is 0. The summed E-state index contributed by atoms with van der Waals surface area (Å²) >= 11 is 7.37. The molecule has 0 radical (unpaired) electrons. The molecule has 4 nitrogen and oxygen atoms in total. The van der Waals surface area contributed by atoms with Gasteiger partial charge in [0.2, 0.25) is 0 Å². The second kappa shape index (κ2) is 6.00. The smallest absolute Gasteiger partial charge is 0.307 e. The van der Waals surface area contributed by atoms with Crippen LogP contribution in [0.15, 0.2) is 6.20 Å². The number of aliphatic carboxylic acids is 1. The first-order chi connectivity index (χ1) is 9.25. The number of carbonyl (C=O) groups is 1. The molecule has 0 aliphatic carbocycles. The topological polar surface area (TPSA) is 53.4 Å². The molecule has 2 rings (SSSR count). The van der Waals surface area contributed by atoms with Gasteiger partial charge in [-0.2, -0.15) is 0 Å². The van der Waals surface area contributed by atoms with E-state index in [1.165, 1.54) is 11.3 Å². The number of halogens is 1. The Morgan fingerprint density at radius 2 is 2.25 bits per heavy atom. The zero-order valence-electron chi connectivity index (χ0n) is 12.1. The number of likely N-dealkylation sites (tertiary alicyclic amines) is 1. The highest BCUT2D eigenvalue weighted by Gasteiger charge is 2.37. The Hall–Kier alpha value is -0.650. The molecule has 1 aliphatic rings. The first-order valence-corrected chi connectivity index (χ1v) is 8.00. The van der Waals surface area contributed by atoms with Crippen LogP contribution >= 0.6 is 22.9 Å². The summed E-state index contributed by atoms with van der Waals surface area (Å²) in [7, 11) is 0. The molecule has 1 N–H and O–H groups in total. The predicted octanol–water partition coefficient (Wildman–Crippen LogP) is 3.37. The van der Waals surface area contributed by atoms with Crippen molar-refractivity contribution in [3.63, 3.8) is 0 Å². The van der Waals surface area contributed by atoms with Gasteiger partial charge in [-0.15, -0.1) is 11.3 Å². The number of carboxylic acids is 1. The van der Waals surface area contributed by atoms with E-state index in [4.69, 9.17) is 11.6 Å². The molecule has 0 spiro atoms. The third kappa shape index (κ3) is 3.93. The minimum absolute atomic E-state index is 0.118. The van der Waals surface area contributed by atoms with E-state index in [0.29, 0.717) is 23.3 Å². The highest BCUT2D eigenvalue weighted by molar-refractivity contribution is 7.15. The van der Waals surface area contributed by atoms with Gasteiger partial charge in [-0.1, -0.05) is 32.4 Å². The van der Waals surface area contributed by atoms with Gasteiger partial charge in [0.1, 0.15) is 9.34 Å². The van der Waals surface area contributed by atoms with E-state index in [1.54, 1.807) is 6.20 Å². The maximum atomic E-state index is 11.4. The van der Waals surface area contributed by atoms with Gasteiger partial charge in [0.05, 0.1) is 18.7 Å². The lowest BCUT2D eigenvalue weighted by Gasteiger charge is -2.41. The quantitative estimate of drug-likeness (QED) is 0.929. The third-order valence-corrected chi connectivity index (χ3v) is 5.08. The van der Waals surface area contributed by atoms with Crippen LogP contribution in [0.1, 0.15) is 32.2 Å². The molecule has 2 atom stereocenters. The van der Waals surface area contributed by atoms with E-state index in [0.717, 1.165) is 18.0 Å². The van der Waals surface area contributed by atoms with Crippen molar-refractivity contribution in [2.45, 2.75) is 33.7 Å². The number of hydrogen-bond acceptors (Lipinski definition) is 4. The zero-order chi connectivity index (χ0) is 14.9. The molecule has 0 aromatic carbocycles. The molecule has 0 bridgehead atoms. The van der Waals surface area contributed by atoms with Crippen LogP contribution in [0.2, 0.25) is 4.34 Å². The second-order valence-electron chi connectivity index (χ2n) is 6.59. The van der Waals surface area contributed by atoms with Crippen LogP contribution in [-0.4, -0.2) is 34.0 Å². The fourth-order valence-corrected chi connectivity index (χ4v) is 3.68. The van der Waals surface area contributed by atoms with Crippen molar-refractivity contribution in [3.05, 3.63) is 15.5 Å². The average Bonchev–Trinajstić information content (AvgIpc) is 2.73. The van der Waals surface area contributed by atoms with Crippen molar-refractivity contribution in [2.24, 2.45) is 17.3 Å². The van der Waals surface area contributed by atoms with Crippen molar-refractivity contribution < 1.29 is 9.90 Å². The monoisotopic (exact) mass is 316 g/mol. The Morgan fingerprint density at radius 1 is 1.55 bits per heavy atom. The molecule has 20 heavy (non-hydrogen) atoms. The molecular weight excluding hydrogens is 296 g/mol. The van der Waals surface area contributed by atoms with E-state index in [-0.39, 0.29) is 11.3 Å². The normalized spacial score (nSPS) is 24.8. The molecule has 0 unspecified atom stereocenters. The van der Waals surface area contributed by atoms with Crippen molar-refractivity contribution in [2.75, 3.05) is 13.1 Å². The molecule has 6 heteroatoms. The van der Waals surface area contributed by atoms with Crippen molar-refractivity contribution >= 4 is 28.9 Å². The number of rotatable bonds is 3. The Labute approximate surface area is 128 Å². The Bertz CT molecular complexity index is 484. The first kappa shape index (κ1) is 15.7. The Morgan fingerprint density at radius 3 is 2.75 bits per heavy atom. The second-order valence-corrected chi connectivity index (χ2v) is 8.33. The van der Waals surface area contributed by atoms with E-state index in [2.05, 4.69) is 30.7 Å². The molecule has 0 amide bonds. The molecule has 1 aliphatic heterocycles. The molecule has 112 valence electrons. The highest BCUT2D eigenvalue weighted by atomic mass is 35.5. The largest absolute Gasteiger partial charge is 0.481 e. The van der Waals surface area contributed by atoms with Crippen LogP contribution in [0.5, 0.6) is 0 Å². The molecule has 1 saturated heterocycles. The first-order valence-electron chi connectivity index (χ1n) is 6.81. The third-order valence-electron chi connectivity index (χ3n) is 3.98. The Kier molecular flexibility index (Phi) is 4.72. The van der Waals surface area contributed by atoms with Crippen LogP contribution in [0, 0.1) is 17.3 Å². The predicted molar refractivity (Wildman–Crippen MR) is 81.1 cm³/mol. The summed E-state index contributed by atoms with van der Waals surface area (Å²) in [4.78, 5) is 17.8. The fraction of sp³-hybridized carbons (Fsp3) is 0.714. The number of nitrogens with zero attached hydrogens (tertiary/aromatic N) is 2. The van der Waals surface area contributed by atoms with Crippen LogP contribution in [0.3, 0.4) is 0 Å². The zero-order valence-corrected chi connectivity index (χ0v) is 13.7. The van der Waals surface area contributed by atoms with Crippen LogP contribution in [0.25, 0.3) is 0 Å². The minimum atomic E-state index is -0.693. The van der Waals surface area contributed by atoms with E-state index < -0.39 is 5.97 Å². The fourth-order valence-electron chi connectivity index (χ4n) is 2.68. The molecule has 1 aromatic heterocycles. The minimum Gasteiger partial charge on any atom is -0.481 e. The molecule has 2 heterocycles. The lowest BCUT2D eigenvalue weighted by molar-refractivity contribution is -0.145. The van der Waals surface area contributed by atoms with Gasteiger partial charge >= 0.3 is 5.97 Å². The maximum absolute atomic E-state index is 11.4. The van der Waals surface area contributed by atoms with Gasteiger partial charge in [-0.05, 0) is 17.8 Å². The summed E-state index contributed by atoms with van der Waals surface area (Å²) in [5.74, 6) is -0.600.